The molecule has 0 saturated carbocycles. The maximum atomic E-state index is 12.3. The van der Waals surface area contributed by atoms with Gasteiger partial charge in [0.1, 0.15) is 5.76 Å². The molecule has 1 fully saturated rings. The first kappa shape index (κ1) is 17.5. The lowest BCUT2D eigenvalue weighted by molar-refractivity contribution is -0.136. The Labute approximate surface area is 136 Å². The molecule has 0 bridgehead atoms. The van der Waals surface area contributed by atoms with E-state index in [0.29, 0.717) is 24.5 Å². The van der Waals surface area contributed by atoms with Crippen LogP contribution in [0.3, 0.4) is 0 Å². The highest BCUT2D eigenvalue weighted by molar-refractivity contribution is 5.93. The van der Waals surface area contributed by atoms with Gasteiger partial charge in [-0.1, -0.05) is 18.5 Å². The monoisotopic (exact) mass is 323 g/mol. The molecule has 1 atom stereocenters. The highest BCUT2D eigenvalue weighted by atomic mass is 16.5. The molecule has 1 aliphatic rings. The van der Waals surface area contributed by atoms with E-state index in [0.717, 1.165) is 32.3 Å². The van der Waals surface area contributed by atoms with E-state index >= 15 is 0 Å². The lowest BCUT2D eigenvalue weighted by Crippen LogP contribution is -2.42. The second-order valence-corrected chi connectivity index (χ2v) is 5.88. The number of anilines is 1. The summed E-state index contributed by atoms with van der Waals surface area (Å²) in [7, 11) is 0. The lowest BCUT2D eigenvalue weighted by Gasteiger charge is -2.24. The predicted octanol–water partition coefficient (Wildman–Crippen LogP) is 2.12. The zero-order valence-electron chi connectivity index (χ0n) is 13.8. The molecular formula is C16H25N3O4. The summed E-state index contributed by atoms with van der Waals surface area (Å²) in [5, 5.41) is 6.38. The van der Waals surface area contributed by atoms with Crippen molar-refractivity contribution in [2.45, 2.75) is 52.1 Å². The standard InChI is InChI=1S/C16H25N3O4/c1-3-4-7-16(21)19(10-13-6-5-8-22-13)11-15(20)17-14-9-12(2)23-18-14/h9,13H,3-8,10-11H2,1-2H3,(H,17,18,20). The summed E-state index contributed by atoms with van der Waals surface area (Å²) in [6, 6.07) is 1.64. The van der Waals surface area contributed by atoms with Crippen LogP contribution in [-0.2, 0) is 14.3 Å². The Bertz CT molecular complexity index is 523. The first-order valence-corrected chi connectivity index (χ1v) is 8.21. The van der Waals surface area contributed by atoms with Crippen molar-refractivity contribution in [1.82, 2.24) is 10.1 Å². The molecule has 2 rings (SSSR count). The number of ether oxygens (including phenoxy) is 1. The third kappa shape index (κ3) is 5.67. The van der Waals surface area contributed by atoms with Crippen LogP contribution in [0.2, 0.25) is 0 Å². The fourth-order valence-corrected chi connectivity index (χ4v) is 2.56. The van der Waals surface area contributed by atoms with Crippen LogP contribution in [-0.4, -0.2) is 47.7 Å². The average molecular weight is 323 g/mol. The summed E-state index contributed by atoms with van der Waals surface area (Å²) in [6.07, 6.45) is 4.20. The first-order chi connectivity index (χ1) is 11.1. The van der Waals surface area contributed by atoms with E-state index in [1.165, 1.54) is 0 Å². The van der Waals surface area contributed by atoms with Crippen LogP contribution in [0.1, 0.15) is 44.8 Å². The van der Waals surface area contributed by atoms with E-state index in [1.54, 1.807) is 17.9 Å². The molecule has 1 aromatic rings. The summed E-state index contributed by atoms with van der Waals surface area (Å²) < 4.78 is 10.5. The van der Waals surface area contributed by atoms with Gasteiger partial charge in [-0.25, -0.2) is 0 Å². The number of carbonyl (C=O) groups excluding carboxylic acids is 2. The lowest BCUT2D eigenvalue weighted by atomic mass is 10.2. The van der Waals surface area contributed by atoms with E-state index < -0.39 is 0 Å². The van der Waals surface area contributed by atoms with Crippen molar-refractivity contribution >= 4 is 17.6 Å². The minimum absolute atomic E-state index is 0.00571. The SMILES string of the molecule is CCCCC(=O)N(CC(=O)Nc1cc(C)on1)CC1CCCO1. The molecule has 1 saturated heterocycles. The molecule has 0 aromatic carbocycles. The number of unbranched alkanes of at least 4 members (excludes halogenated alkanes) is 1. The molecule has 0 spiro atoms. The van der Waals surface area contributed by atoms with Crippen molar-refractivity contribution in [2.75, 3.05) is 25.0 Å². The van der Waals surface area contributed by atoms with E-state index in [4.69, 9.17) is 9.26 Å². The van der Waals surface area contributed by atoms with Crippen LogP contribution in [0.4, 0.5) is 5.82 Å². The fourth-order valence-electron chi connectivity index (χ4n) is 2.56. The van der Waals surface area contributed by atoms with E-state index in [1.807, 2.05) is 6.92 Å². The summed E-state index contributed by atoms with van der Waals surface area (Å²) in [6.45, 7) is 4.99. The molecule has 23 heavy (non-hydrogen) atoms. The molecule has 0 aliphatic carbocycles. The molecular weight excluding hydrogens is 298 g/mol. The molecule has 128 valence electrons. The number of hydrogen-bond donors (Lipinski definition) is 1. The van der Waals surface area contributed by atoms with E-state index in [9.17, 15) is 9.59 Å². The average Bonchev–Trinajstić information content (AvgIpc) is 3.16. The van der Waals surface area contributed by atoms with Gasteiger partial charge < -0.3 is 19.5 Å². The Kier molecular flexibility index (Phi) is 6.58. The van der Waals surface area contributed by atoms with E-state index in [2.05, 4.69) is 10.5 Å². The molecule has 7 heteroatoms. The number of carbonyl (C=O) groups is 2. The highest BCUT2D eigenvalue weighted by Crippen LogP contribution is 2.15. The van der Waals surface area contributed by atoms with Gasteiger partial charge in [0, 0.05) is 25.6 Å². The maximum Gasteiger partial charge on any atom is 0.245 e. The zero-order valence-corrected chi connectivity index (χ0v) is 13.8. The Morgan fingerprint density at radius 1 is 1.48 bits per heavy atom. The van der Waals surface area contributed by atoms with Crippen LogP contribution in [0.25, 0.3) is 0 Å². The molecule has 2 heterocycles. The van der Waals surface area contributed by atoms with Crippen LogP contribution >= 0.6 is 0 Å². The van der Waals surface area contributed by atoms with Crippen molar-refractivity contribution in [3.05, 3.63) is 11.8 Å². The summed E-state index contributed by atoms with van der Waals surface area (Å²) in [5.74, 6) is 0.705. The van der Waals surface area contributed by atoms with Gasteiger partial charge in [0.15, 0.2) is 5.82 Å². The van der Waals surface area contributed by atoms with E-state index in [-0.39, 0.29) is 24.5 Å². The van der Waals surface area contributed by atoms with Crippen molar-refractivity contribution < 1.29 is 18.8 Å². The predicted molar refractivity (Wildman–Crippen MR) is 84.9 cm³/mol. The maximum absolute atomic E-state index is 12.3. The van der Waals surface area contributed by atoms with Crippen molar-refractivity contribution in [3.8, 4) is 0 Å². The Balaban J connectivity index is 1.91. The quantitative estimate of drug-likeness (QED) is 0.792. The first-order valence-electron chi connectivity index (χ1n) is 8.21. The third-order valence-electron chi connectivity index (χ3n) is 3.77. The largest absolute Gasteiger partial charge is 0.376 e. The number of aryl methyl sites for hydroxylation is 1. The molecule has 1 aromatic heterocycles. The van der Waals surface area contributed by atoms with Gasteiger partial charge in [0.25, 0.3) is 0 Å². The number of rotatable bonds is 8. The van der Waals surface area contributed by atoms with Crippen LogP contribution < -0.4 is 5.32 Å². The van der Waals surface area contributed by atoms with Crippen molar-refractivity contribution in [2.24, 2.45) is 0 Å². The van der Waals surface area contributed by atoms with Gasteiger partial charge in [-0.3, -0.25) is 9.59 Å². The second-order valence-electron chi connectivity index (χ2n) is 5.88. The van der Waals surface area contributed by atoms with Gasteiger partial charge in [-0.2, -0.15) is 0 Å². The van der Waals surface area contributed by atoms with Crippen LogP contribution in [0.15, 0.2) is 10.6 Å². The van der Waals surface area contributed by atoms with Gasteiger partial charge in [-0.15, -0.1) is 0 Å². The minimum Gasteiger partial charge on any atom is -0.376 e. The third-order valence-corrected chi connectivity index (χ3v) is 3.77. The Hall–Kier alpha value is -1.89. The molecule has 2 amide bonds. The molecule has 1 unspecified atom stereocenters. The molecule has 1 N–H and O–H groups in total. The highest BCUT2D eigenvalue weighted by Gasteiger charge is 2.24. The zero-order chi connectivity index (χ0) is 16.7. The van der Waals surface area contributed by atoms with Gasteiger partial charge >= 0.3 is 0 Å². The number of amides is 2. The smallest absolute Gasteiger partial charge is 0.245 e. The molecule has 0 radical (unpaired) electrons. The number of nitrogens with zero attached hydrogens (tertiary/aromatic N) is 2. The van der Waals surface area contributed by atoms with Gasteiger partial charge in [0.2, 0.25) is 11.8 Å². The number of hydrogen-bond acceptors (Lipinski definition) is 5. The normalized spacial score (nSPS) is 17.2. The topological polar surface area (TPSA) is 84.7 Å². The number of aromatic nitrogens is 1. The Morgan fingerprint density at radius 3 is 2.91 bits per heavy atom. The minimum atomic E-state index is -0.277. The van der Waals surface area contributed by atoms with Gasteiger partial charge in [-0.05, 0) is 26.2 Å². The summed E-state index contributed by atoms with van der Waals surface area (Å²) in [5.41, 5.74) is 0. The second kappa shape index (κ2) is 8.67. The summed E-state index contributed by atoms with van der Waals surface area (Å²) >= 11 is 0. The summed E-state index contributed by atoms with van der Waals surface area (Å²) in [4.78, 5) is 26.1. The molecule has 1 aliphatic heterocycles. The van der Waals surface area contributed by atoms with Gasteiger partial charge in [0.05, 0.1) is 12.6 Å². The van der Waals surface area contributed by atoms with Crippen molar-refractivity contribution in [1.29, 1.82) is 0 Å². The number of nitrogens with one attached hydrogen (secondary N) is 1. The van der Waals surface area contributed by atoms with Crippen LogP contribution in [0, 0.1) is 6.92 Å². The fraction of sp³-hybridized carbons (Fsp3) is 0.688. The van der Waals surface area contributed by atoms with Crippen molar-refractivity contribution in [3.63, 3.8) is 0 Å². The van der Waals surface area contributed by atoms with Crippen LogP contribution in [0.5, 0.6) is 0 Å². The Morgan fingerprint density at radius 2 is 2.30 bits per heavy atom. The molecule has 7 nitrogen and oxygen atoms in total.